The first-order valence-corrected chi connectivity index (χ1v) is 8.40. The number of aliphatic imine (C=N–C) groups is 1. The van der Waals surface area contributed by atoms with Gasteiger partial charge in [0.2, 0.25) is 5.89 Å². The molecule has 0 aliphatic rings. The Morgan fingerprint density at radius 3 is 2.38 bits per heavy atom. The van der Waals surface area contributed by atoms with Gasteiger partial charge in [-0.05, 0) is 17.5 Å². The number of benzene rings is 1. The second-order valence-electron chi connectivity index (χ2n) is 6.77. The van der Waals surface area contributed by atoms with Crippen molar-refractivity contribution in [2.45, 2.75) is 52.6 Å². The molecule has 1 heterocycles. The van der Waals surface area contributed by atoms with E-state index in [-0.39, 0.29) is 5.41 Å². The highest BCUT2D eigenvalue weighted by atomic mass is 16.4. The summed E-state index contributed by atoms with van der Waals surface area (Å²) in [5.74, 6) is 2.28. The molecule has 0 atom stereocenters. The van der Waals surface area contributed by atoms with E-state index in [4.69, 9.17) is 4.42 Å². The predicted octanol–water partition coefficient (Wildman–Crippen LogP) is 3.40. The lowest BCUT2D eigenvalue weighted by Crippen LogP contribution is -2.36. The fourth-order valence-electron chi connectivity index (χ4n) is 2.37. The summed E-state index contributed by atoms with van der Waals surface area (Å²) in [7, 11) is 1.76. The van der Waals surface area contributed by atoms with Gasteiger partial charge in [-0.2, -0.15) is 0 Å². The van der Waals surface area contributed by atoms with E-state index in [1.807, 2.05) is 0 Å². The summed E-state index contributed by atoms with van der Waals surface area (Å²) in [5.41, 5.74) is 2.60. The smallest absolute Gasteiger partial charge is 0.213 e. The Hall–Kier alpha value is -2.30. The summed E-state index contributed by atoms with van der Waals surface area (Å²) < 4.78 is 5.79. The molecule has 0 radical (unpaired) electrons. The van der Waals surface area contributed by atoms with E-state index in [2.05, 4.69) is 72.6 Å². The largest absolute Gasteiger partial charge is 0.443 e. The van der Waals surface area contributed by atoms with Crippen LogP contribution in [-0.4, -0.2) is 18.0 Å². The molecule has 5 nitrogen and oxygen atoms in total. The molecule has 0 saturated carbocycles. The van der Waals surface area contributed by atoms with E-state index < -0.39 is 0 Å². The van der Waals surface area contributed by atoms with Crippen LogP contribution in [0.2, 0.25) is 0 Å². The van der Waals surface area contributed by atoms with Crippen molar-refractivity contribution in [1.82, 2.24) is 15.6 Å². The molecule has 0 unspecified atom stereocenters. The molecule has 2 N–H and O–H groups in total. The third-order valence-electron chi connectivity index (χ3n) is 3.87. The summed E-state index contributed by atoms with van der Waals surface area (Å²) in [6.07, 6.45) is 2.82. The van der Waals surface area contributed by atoms with E-state index in [9.17, 15) is 0 Å². The monoisotopic (exact) mass is 328 g/mol. The van der Waals surface area contributed by atoms with Crippen LogP contribution in [0.5, 0.6) is 0 Å². The number of aromatic nitrogens is 1. The van der Waals surface area contributed by atoms with Crippen LogP contribution in [0, 0.1) is 0 Å². The Morgan fingerprint density at radius 2 is 1.79 bits per heavy atom. The van der Waals surface area contributed by atoms with Crippen LogP contribution >= 0.6 is 0 Å². The average Bonchev–Trinajstić information content (AvgIpc) is 3.04. The minimum atomic E-state index is -0.0327. The molecule has 0 aliphatic heterocycles. The lowest BCUT2D eigenvalue weighted by Gasteiger charge is -2.14. The summed E-state index contributed by atoms with van der Waals surface area (Å²) in [5, 5.41) is 6.58. The van der Waals surface area contributed by atoms with E-state index in [1.165, 1.54) is 11.1 Å². The first kappa shape index (κ1) is 18.0. The molecule has 0 bridgehead atoms. The summed E-state index contributed by atoms with van der Waals surface area (Å²) in [6, 6.07) is 8.44. The molecule has 130 valence electrons. The van der Waals surface area contributed by atoms with Crippen LogP contribution in [0.3, 0.4) is 0 Å². The minimum absolute atomic E-state index is 0.0327. The van der Waals surface area contributed by atoms with Crippen LogP contribution in [0.25, 0.3) is 0 Å². The van der Waals surface area contributed by atoms with E-state index >= 15 is 0 Å². The molecular formula is C19H28N4O. The Kier molecular flexibility index (Phi) is 6.01. The average molecular weight is 328 g/mol. The van der Waals surface area contributed by atoms with E-state index in [0.29, 0.717) is 12.4 Å². The summed E-state index contributed by atoms with van der Waals surface area (Å²) in [4.78, 5) is 8.58. The summed E-state index contributed by atoms with van der Waals surface area (Å²) >= 11 is 0. The van der Waals surface area contributed by atoms with Crippen LogP contribution in [0.15, 0.2) is 39.9 Å². The van der Waals surface area contributed by atoms with Crippen molar-refractivity contribution in [3.05, 3.63) is 53.2 Å². The van der Waals surface area contributed by atoms with Crippen molar-refractivity contribution < 1.29 is 4.42 Å². The molecule has 24 heavy (non-hydrogen) atoms. The number of aryl methyl sites for hydroxylation is 1. The predicted molar refractivity (Wildman–Crippen MR) is 98.1 cm³/mol. The molecule has 1 aromatic carbocycles. The van der Waals surface area contributed by atoms with Crippen molar-refractivity contribution >= 4 is 5.96 Å². The van der Waals surface area contributed by atoms with Gasteiger partial charge in [0.1, 0.15) is 5.76 Å². The van der Waals surface area contributed by atoms with Gasteiger partial charge in [0.05, 0.1) is 12.7 Å². The zero-order valence-electron chi connectivity index (χ0n) is 15.3. The maximum atomic E-state index is 5.79. The summed E-state index contributed by atoms with van der Waals surface area (Å²) in [6.45, 7) is 9.73. The molecule has 0 fully saturated rings. The van der Waals surface area contributed by atoms with Gasteiger partial charge in [0.15, 0.2) is 5.96 Å². The molecule has 5 heteroatoms. The normalized spacial score (nSPS) is 12.3. The number of hydrogen-bond acceptors (Lipinski definition) is 3. The van der Waals surface area contributed by atoms with E-state index in [0.717, 1.165) is 24.7 Å². The third-order valence-corrected chi connectivity index (χ3v) is 3.87. The van der Waals surface area contributed by atoms with Gasteiger partial charge in [0.25, 0.3) is 0 Å². The molecule has 0 aliphatic carbocycles. The van der Waals surface area contributed by atoms with Crippen molar-refractivity contribution in [3.8, 4) is 0 Å². The number of hydrogen-bond donors (Lipinski definition) is 2. The minimum Gasteiger partial charge on any atom is -0.443 e. The standard InChI is InChI=1S/C19H28N4O/c1-6-14-9-7-8-10-15(14)11-22-18(20-5)23-13-17-21-12-16(24-17)19(2,3)4/h7-10,12H,6,11,13H2,1-5H3,(H2,20,22,23). The van der Waals surface area contributed by atoms with Gasteiger partial charge in [-0.3, -0.25) is 4.99 Å². The molecule has 0 saturated heterocycles. The quantitative estimate of drug-likeness (QED) is 0.652. The van der Waals surface area contributed by atoms with Gasteiger partial charge in [-0.15, -0.1) is 0 Å². The first-order chi connectivity index (χ1) is 11.4. The Morgan fingerprint density at radius 1 is 1.12 bits per heavy atom. The molecular weight excluding hydrogens is 300 g/mol. The van der Waals surface area contributed by atoms with Crippen LogP contribution in [0.1, 0.15) is 50.5 Å². The Bertz CT molecular complexity index is 683. The van der Waals surface area contributed by atoms with Gasteiger partial charge in [-0.25, -0.2) is 4.98 Å². The first-order valence-electron chi connectivity index (χ1n) is 8.40. The van der Waals surface area contributed by atoms with Gasteiger partial charge in [-0.1, -0.05) is 52.0 Å². The number of nitrogens with one attached hydrogen (secondary N) is 2. The van der Waals surface area contributed by atoms with Crippen molar-refractivity contribution in [2.24, 2.45) is 4.99 Å². The van der Waals surface area contributed by atoms with Crippen molar-refractivity contribution in [1.29, 1.82) is 0 Å². The zero-order chi connectivity index (χ0) is 17.6. The Labute approximate surface area is 144 Å². The fourth-order valence-corrected chi connectivity index (χ4v) is 2.37. The molecule has 0 spiro atoms. The number of rotatable bonds is 5. The zero-order valence-corrected chi connectivity index (χ0v) is 15.3. The molecule has 2 rings (SSSR count). The Balaban J connectivity index is 1.90. The van der Waals surface area contributed by atoms with Gasteiger partial charge >= 0.3 is 0 Å². The topological polar surface area (TPSA) is 62.5 Å². The number of oxazole rings is 1. The lowest BCUT2D eigenvalue weighted by atomic mass is 9.94. The molecule has 2 aromatic rings. The fraction of sp³-hybridized carbons (Fsp3) is 0.474. The third kappa shape index (κ3) is 4.85. The molecule has 0 amide bonds. The highest BCUT2D eigenvalue weighted by Gasteiger charge is 2.19. The maximum Gasteiger partial charge on any atom is 0.213 e. The van der Waals surface area contributed by atoms with Gasteiger partial charge in [0, 0.05) is 19.0 Å². The number of nitrogens with zero attached hydrogens (tertiary/aromatic N) is 2. The van der Waals surface area contributed by atoms with Crippen LogP contribution < -0.4 is 10.6 Å². The van der Waals surface area contributed by atoms with E-state index in [1.54, 1.807) is 13.2 Å². The maximum absolute atomic E-state index is 5.79. The second kappa shape index (κ2) is 7.99. The lowest BCUT2D eigenvalue weighted by molar-refractivity contribution is 0.379. The van der Waals surface area contributed by atoms with Crippen LogP contribution in [0.4, 0.5) is 0 Å². The SMILES string of the molecule is CCc1ccccc1CNC(=NC)NCc1ncc(C(C)(C)C)o1. The highest BCUT2D eigenvalue weighted by Crippen LogP contribution is 2.22. The van der Waals surface area contributed by atoms with Gasteiger partial charge < -0.3 is 15.1 Å². The van der Waals surface area contributed by atoms with Crippen LogP contribution in [-0.2, 0) is 24.9 Å². The number of guanidine groups is 1. The highest BCUT2D eigenvalue weighted by molar-refractivity contribution is 5.79. The second-order valence-corrected chi connectivity index (χ2v) is 6.77. The van der Waals surface area contributed by atoms with Crippen molar-refractivity contribution in [3.63, 3.8) is 0 Å². The molecule has 1 aromatic heterocycles. The van der Waals surface area contributed by atoms with Crippen molar-refractivity contribution in [2.75, 3.05) is 7.05 Å².